The van der Waals surface area contributed by atoms with Crippen molar-refractivity contribution in [1.29, 1.82) is 0 Å². The SMILES string of the molecule is BC(B)(B)Oc1cn([C@H](CCOC(C)(C)C)C(=O)Nc2ccc(C(=O)O)cc2)c(=O)cc1-c1cc(Cl)ccc1C(=O)CC. The average molecular weight is 605 g/mol. The largest absolute Gasteiger partial charge is 0.511 e. The van der Waals surface area contributed by atoms with Gasteiger partial charge in [0.05, 0.1) is 17.4 Å². The first-order chi connectivity index (χ1) is 20.0. The number of halogens is 1. The minimum atomic E-state index is -1.09. The van der Waals surface area contributed by atoms with Gasteiger partial charge in [-0.1, -0.05) is 18.5 Å². The van der Waals surface area contributed by atoms with Crippen LogP contribution in [0, 0.1) is 0 Å². The molecule has 0 unspecified atom stereocenters. The van der Waals surface area contributed by atoms with E-state index < -0.39 is 34.4 Å². The maximum atomic E-state index is 13.7. The Morgan fingerprint density at radius 1 is 1.02 bits per heavy atom. The summed E-state index contributed by atoms with van der Waals surface area (Å²) in [6, 6.07) is 10.9. The topological polar surface area (TPSA) is 124 Å². The third kappa shape index (κ3) is 9.37. The van der Waals surface area contributed by atoms with Gasteiger partial charge in [0.1, 0.15) is 35.3 Å². The van der Waals surface area contributed by atoms with Crippen molar-refractivity contribution < 1.29 is 29.0 Å². The number of hydrogen-bond acceptors (Lipinski definition) is 6. The number of aromatic carboxylic acids is 1. The van der Waals surface area contributed by atoms with Crippen LogP contribution in [0.1, 0.15) is 67.3 Å². The Labute approximate surface area is 259 Å². The first-order valence-corrected chi connectivity index (χ1v) is 14.4. The highest BCUT2D eigenvalue weighted by Gasteiger charge is 2.27. The molecule has 1 heterocycles. The van der Waals surface area contributed by atoms with Gasteiger partial charge in [-0.25, -0.2) is 4.79 Å². The van der Waals surface area contributed by atoms with Gasteiger partial charge >= 0.3 is 5.97 Å². The maximum Gasteiger partial charge on any atom is 0.335 e. The van der Waals surface area contributed by atoms with Crippen molar-refractivity contribution in [3.63, 3.8) is 0 Å². The Kier molecular flexibility index (Phi) is 10.7. The van der Waals surface area contributed by atoms with Gasteiger partial charge in [0.25, 0.3) is 5.56 Å². The summed E-state index contributed by atoms with van der Waals surface area (Å²) >= 11 is 6.33. The zero-order chi connectivity index (χ0) is 32.1. The number of hydrogen-bond donors (Lipinski definition) is 2. The monoisotopic (exact) mass is 604 g/mol. The number of nitrogens with zero attached hydrogens (tertiary/aromatic N) is 1. The fourth-order valence-corrected chi connectivity index (χ4v) is 4.53. The molecular formula is C30H36B3ClN2O7. The third-order valence-electron chi connectivity index (χ3n) is 6.32. The van der Waals surface area contributed by atoms with Crippen LogP contribution in [-0.2, 0) is 9.53 Å². The molecule has 0 bridgehead atoms. The van der Waals surface area contributed by atoms with Crippen molar-refractivity contribution in [3.8, 4) is 16.9 Å². The standard InChI is InChI=1S/C30H36B3ClN2O7/c1-5-24(37)20-11-8-18(34)14-21(20)22-15-26(38)36(16-25(22)43-30(31,32)33)23(12-13-42-29(2,3)4)27(39)35-19-9-6-17(7-10-19)28(40)41/h6-11,14-16,23H,5,12-13,31-33H2,1-4H3,(H,35,39)(H,40,41)/t23-/m1/s1. The Balaban J connectivity index is 2.16. The second-order valence-corrected chi connectivity index (χ2v) is 12.6. The molecule has 2 N–H and O–H groups in total. The number of ketones is 1. The lowest BCUT2D eigenvalue weighted by Crippen LogP contribution is -2.39. The van der Waals surface area contributed by atoms with Gasteiger partial charge in [0.2, 0.25) is 5.91 Å². The maximum absolute atomic E-state index is 13.7. The molecule has 0 saturated heterocycles. The number of anilines is 1. The molecule has 0 saturated carbocycles. The molecule has 224 valence electrons. The highest BCUT2D eigenvalue weighted by Crippen LogP contribution is 2.35. The van der Waals surface area contributed by atoms with Gasteiger partial charge in [0.15, 0.2) is 5.78 Å². The van der Waals surface area contributed by atoms with Gasteiger partial charge in [0, 0.05) is 52.7 Å². The molecule has 0 aliphatic carbocycles. The number of aromatic nitrogens is 1. The predicted octanol–water partition coefficient (Wildman–Crippen LogP) is 2.73. The highest BCUT2D eigenvalue weighted by atomic mass is 35.5. The van der Waals surface area contributed by atoms with Crippen LogP contribution < -0.4 is 15.6 Å². The number of carboxylic acids is 1. The summed E-state index contributed by atoms with van der Waals surface area (Å²) in [5.41, 5.74) is 0.713. The van der Waals surface area contributed by atoms with Crippen molar-refractivity contribution in [2.45, 2.75) is 57.5 Å². The molecule has 1 aromatic heterocycles. The summed E-state index contributed by atoms with van der Waals surface area (Å²) in [6.07, 6.45) is 1.89. The van der Waals surface area contributed by atoms with E-state index in [-0.39, 0.29) is 30.8 Å². The second-order valence-electron chi connectivity index (χ2n) is 12.1. The van der Waals surface area contributed by atoms with E-state index in [2.05, 4.69) is 5.32 Å². The molecule has 1 amide bonds. The number of carbonyl (C=O) groups is 3. The Hall–Kier alpha value is -3.76. The van der Waals surface area contributed by atoms with Gasteiger partial charge in [-0.3, -0.25) is 19.0 Å². The van der Waals surface area contributed by atoms with Crippen LogP contribution >= 0.6 is 11.6 Å². The average Bonchev–Trinajstić information content (AvgIpc) is 2.90. The molecule has 0 spiro atoms. The molecule has 0 aliphatic rings. The highest BCUT2D eigenvalue weighted by molar-refractivity contribution is 6.58. The minimum Gasteiger partial charge on any atom is -0.511 e. The third-order valence-corrected chi connectivity index (χ3v) is 6.55. The number of ether oxygens (including phenoxy) is 2. The van der Waals surface area contributed by atoms with Crippen LogP contribution in [0.2, 0.25) is 5.02 Å². The van der Waals surface area contributed by atoms with Crippen LogP contribution in [0.4, 0.5) is 5.69 Å². The van der Waals surface area contributed by atoms with Crippen molar-refractivity contribution in [3.05, 3.63) is 81.2 Å². The smallest absolute Gasteiger partial charge is 0.335 e. The number of amides is 1. The normalized spacial score (nSPS) is 12.4. The first kappa shape index (κ1) is 33.7. The van der Waals surface area contributed by atoms with Crippen molar-refractivity contribution in [1.82, 2.24) is 4.57 Å². The Morgan fingerprint density at radius 2 is 1.67 bits per heavy atom. The quantitative estimate of drug-likeness (QED) is 0.241. The summed E-state index contributed by atoms with van der Waals surface area (Å²) in [6.45, 7) is 7.60. The lowest BCUT2D eigenvalue weighted by molar-refractivity contribution is -0.120. The molecule has 1 atom stereocenters. The van der Waals surface area contributed by atoms with E-state index in [0.717, 1.165) is 0 Å². The number of Topliss-reactive ketones (excluding diaryl/α,β-unsaturated/α-hetero) is 1. The number of rotatable bonds is 12. The van der Waals surface area contributed by atoms with Crippen molar-refractivity contribution in [2.75, 3.05) is 11.9 Å². The van der Waals surface area contributed by atoms with Crippen LogP contribution in [0.15, 0.2) is 59.5 Å². The van der Waals surface area contributed by atoms with E-state index in [1.807, 2.05) is 44.3 Å². The van der Waals surface area contributed by atoms with Gasteiger partial charge in [-0.05, 0) is 68.8 Å². The summed E-state index contributed by atoms with van der Waals surface area (Å²) in [5, 5.41) is 11.7. The fourth-order valence-electron chi connectivity index (χ4n) is 4.36. The van der Waals surface area contributed by atoms with E-state index in [1.54, 1.807) is 25.1 Å². The molecule has 13 heteroatoms. The Bertz CT molecular complexity index is 1560. The molecule has 9 nitrogen and oxygen atoms in total. The molecule has 0 fully saturated rings. The number of benzene rings is 2. The molecule has 3 rings (SSSR count). The van der Waals surface area contributed by atoms with E-state index in [0.29, 0.717) is 33.1 Å². The summed E-state index contributed by atoms with van der Waals surface area (Å²) in [7, 11) is 5.55. The summed E-state index contributed by atoms with van der Waals surface area (Å²) in [4.78, 5) is 51.5. The van der Waals surface area contributed by atoms with E-state index >= 15 is 0 Å². The van der Waals surface area contributed by atoms with Gasteiger partial charge in [-0.15, -0.1) is 0 Å². The lowest BCUT2D eigenvalue weighted by atomic mass is 9.52. The zero-order valence-corrected chi connectivity index (χ0v) is 26.4. The molecular weight excluding hydrogens is 568 g/mol. The molecule has 3 aromatic rings. The van der Waals surface area contributed by atoms with E-state index in [9.17, 15) is 24.3 Å². The van der Waals surface area contributed by atoms with Crippen molar-refractivity contribution >= 4 is 58.5 Å². The lowest BCUT2D eigenvalue weighted by Gasteiger charge is -2.27. The number of carboxylic acid groups (broad SMARTS) is 1. The predicted molar refractivity (Wildman–Crippen MR) is 176 cm³/mol. The number of nitrogens with one attached hydrogen (secondary N) is 1. The fraction of sp³-hybridized carbons (Fsp3) is 0.333. The first-order valence-electron chi connectivity index (χ1n) is 14.1. The van der Waals surface area contributed by atoms with Gasteiger partial charge in [-0.2, -0.15) is 0 Å². The van der Waals surface area contributed by atoms with Crippen LogP contribution in [0.3, 0.4) is 0 Å². The van der Waals surface area contributed by atoms with Crippen molar-refractivity contribution in [2.24, 2.45) is 0 Å². The molecule has 0 radical (unpaired) electrons. The molecule has 43 heavy (non-hydrogen) atoms. The molecule has 0 aliphatic heterocycles. The van der Waals surface area contributed by atoms with Crippen LogP contribution in [0.25, 0.3) is 11.1 Å². The van der Waals surface area contributed by atoms with E-state index in [4.69, 9.17) is 21.1 Å². The number of pyridine rings is 1. The number of carbonyl (C=O) groups excluding carboxylic acids is 2. The molecule has 2 aromatic carbocycles. The second kappa shape index (κ2) is 13.7. The van der Waals surface area contributed by atoms with Crippen LogP contribution in [0.5, 0.6) is 5.75 Å². The van der Waals surface area contributed by atoms with Gasteiger partial charge < -0.3 is 19.9 Å². The zero-order valence-electron chi connectivity index (χ0n) is 25.6. The summed E-state index contributed by atoms with van der Waals surface area (Å²) in [5.74, 6) is -1.42. The minimum absolute atomic E-state index is 0.0749. The summed E-state index contributed by atoms with van der Waals surface area (Å²) < 4.78 is 13.5. The van der Waals surface area contributed by atoms with E-state index in [1.165, 1.54) is 41.1 Å². The Morgan fingerprint density at radius 3 is 2.23 bits per heavy atom. The van der Waals surface area contributed by atoms with Crippen LogP contribution in [-0.4, -0.2) is 68.4 Å².